The molecule has 40 heavy (non-hydrogen) atoms. The van der Waals surface area contributed by atoms with Crippen molar-refractivity contribution in [2.24, 2.45) is 5.92 Å². The Balaban J connectivity index is 1.39. The van der Waals surface area contributed by atoms with Crippen molar-refractivity contribution in [3.63, 3.8) is 0 Å². The summed E-state index contributed by atoms with van der Waals surface area (Å²) in [6.45, 7) is 8.37. The number of carbonyl (C=O) groups excluding carboxylic acids is 2. The predicted molar refractivity (Wildman–Crippen MR) is 156 cm³/mol. The molecule has 1 aromatic heterocycles. The number of piperidine rings is 1. The summed E-state index contributed by atoms with van der Waals surface area (Å²) in [5, 5.41) is 10.9. The number of nitrogens with zero attached hydrogens (tertiary/aromatic N) is 3. The Hall–Kier alpha value is -2.87. The minimum absolute atomic E-state index is 0.00695. The van der Waals surface area contributed by atoms with E-state index in [1.54, 1.807) is 7.11 Å². The molecule has 2 saturated heterocycles. The first-order valence-electron chi connectivity index (χ1n) is 15.4. The number of rotatable bonds is 9. The number of nitrogens with one attached hydrogen (secondary N) is 2. The summed E-state index contributed by atoms with van der Waals surface area (Å²) >= 11 is 0. The van der Waals surface area contributed by atoms with E-state index in [9.17, 15) is 9.59 Å². The Morgan fingerprint density at radius 3 is 2.38 bits per heavy atom. The van der Waals surface area contributed by atoms with Crippen molar-refractivity contribution in [3.8, 4) is 5.75 Å². The molecule has 1 saturated carbocycles. The van der Waals surface area contributed by atoms with Crippen LogP contribution in [-0.4, -0.2) is 70.1 Å². The molecule has 8 nitrogen and oxygen atoms in total. The molecule has 1 aliphatic carbocycles. The van der Waals surface area contributed by atoms with Gasteiger partial charge in [0, 0.05) is 30.9 Å². The van der Waals surface area contributed by atoms with Gasteiger partial charge in [0.25, 0.3) is 0 Å². The van der Waals surface area contributed by atoms with Crippen molar-refractivity contribution in [1.82, 2.24) is 25.3 Å². The minimum Gasteiger partial charge on any atom is -0.497 e. The minimum atomic E-state index is -0.767. The summed E-state index contributed by atoms with van der Waals surface area (Å²) in [5.41, 5.74) is 3.62. The largest absolute Gasteiger partial charge is 0.497 e. The molecule has 1 aromatic carbocycles. The van der Waals surface area contributed by atoms with E-state index in [1.165, 1.54) is 43.2 Å². The average molecular weight is 550 g/mol. The van der Waals surface area contributed by atoms with Crippen LogP contribution in [0, 0.1) is 19.8 Å². The number of aryl methyl sites for hydroxylation is 2. The summed E-state index contributed by atoms with van der Waals surface area (Å²) in [6, 6.07) is 7.89. The van der Waals surface area contributed by atoms with Gasteiger partial charge in [-0.15, -0.1) is 0 Å². The first kappa shape index (κ1) is 28.7. The van der Waals surface area contributed by atoms with Gasteiger partial charge < -0.3 is 15.0 Å². The number of hydrogen-bond donors (Lipinski definition) is 2. The van der Waals surface area contributed by atoms with Crippen LogP contribution >= 0.6 is 0 Å². The maximum Gasteiger partial charge on any atom is 0.246 e. The van der Waals surface area contributed by atoms with Crippen LogP contribution < -0.4 is 10.1 Å². The van der Waals surface area contributed by atoms with Gasteiger partial charge in [0.05, 0.1) is 18.8 Å². The molecule has 2 amide bonds. The summed E-state index contributed by atoms with van der Waals surface area (Å²) in [7, 11) is 1.68. The topological polar surface area (TPSA) is 90.6 Å². The number of methoxy groups -OCH3 is 1. The van der Waals surface area contributed by atoms with Gasteiger partial charge in [0.2, 0.25) is 11.8 Å². The third-order valence-electron chi connectivity index (χ3n) is 9.72. The highest BCUT2D eigenvalue weighted by Gasteiger charge is 2.54. The molecule has 5 rings (SSSR count). The lowest BCUT2D eigenvalue weighted by atomic mass is 9.78. The zero-order chi connectivity index (χ0) is 28.3. The van der Waals surface area contributed by atoms with Crippen molar-refractivity contribution in [1.29, 1.82) is 0 Å². The highest BCUT2D eigenvalue weighted by Crippen LogP contribution is 2.40. The molecule has 3 fully saturated rings. The molecule has 0 radical (unpaired) electrons. The summed E-state index contributed by atoms with van der Waals surface area (Å²) in [4.78, 5) is 32.4. The Bertz CT molecular complexity index is 1140. The number of amides is 2. The van der Waals surface area contributed by atoms with Crippen LogP contribution in [0.4, 0.5) is 0 Å². The number of aromatic nitrogens is 2. The van der Waals surface area contributed by atoms with E-state index in [2.05, 4.69) is 46.4 Å². The smallest absolute Gasteiger partial charge is 0.246 e. The predicted octanol–water partition coefficient (Wildman–Crippen LogP) is 5.06. The second-order valence-electron chi connectivity index (χ2n) is 12.2. The van der Waals surface area contributed by atoms with E-state index in [-0.39, 0.29) is 23.9 Å². The fourth-order valence-corrected chi connectivity index (χ4v) is 7.39. The van der Waals surface area contributed by atoms with Gasteiger partial charge in [0.1, 0.15) is 17.3 Å². The zero-order valence-corrected chi connectivity index (χ0v) is 24.8. The monoisotopic (exact) mass is 549 g/mol. The number of aromatic amines is 1. The number of ether oxygens (including phenoxy) is 1. The normalized spacial score (nSPS) is 22.9. The van der Waals surface area contributed by atoms with Crippen LogP contribution in [-0.2, 0) is 9.59 Å². The Morgan fingerprint density at radius 2 is 1.77 bits per heavy atom. The number of piperazine rings is 1. The number of H-pyrrole nitrogens is 1. The first-order chi connectivity index (χ1) is 19.4. The molecule has 8 heteroatoms. The lowest BCUT2D eigenvalue weighted by Gasteiger charge is -2.53. The standard InChI is InChI=1S/C32H47N5O3/c1-5-6-18-37-30(38)27(21-24-10-8-7-9-11-24)33-31(39)32(37)16-19-36(20-17-32)29(28-22(2)34-35-23(28)3)25-12-14-26(40-4)15-13-25/h12-15,24,27,29H,5-11,16-21H2,1-4H3,(H,33,39)(H,34,35)/t27-,29?/m0/s1. The van der Waals surface area contributed by atoms with Crippen molar-refractivity contribution in [2.45, 2.75) is 103 Å². The van der Waals surface area contributed by atoms with Gasteiger partial charge in [-0.1, -0.05) is 57.6 Å². The van der Waals surface area contributed by atoms with Gasteiger partial charge >= 0.3 is 0 Å². The second kappa shape index (κ2) is 12.3. The summed E-state index contributed by atoms with van der Waals surface area (Å²) in [6.07, 6.45) is 10.1. The number of hydrogen-bond acceptors (Lipinski definition) is 5. The fraction of sp³-hybridized carbons (Fsp3) is 0.656. The molecule has 218 valence electrons. The molecule has 0 bridgehead atoms. The van der Waals surface area contributed by atoms with Crippen molar-refractivity contribution in [2.75, 3.05) is 26.7 Å². The van der Waals surface area contributed by atoms with E-state index in [0.29, 0.717) is 25.3 Å². The van der Waals surface area contributed by atoms with Gasteiger partial charge in [0.15, 0.2) is 0 Å². The maximum absolute atomic E-state index is 14.0. The average Bonchev–Trinajstić information content (AvgIpc) is 3.31. The molecule has 2 aromatic rings. The number of carbonyl (C=O) groups is 2. The lowest BCUT2D eigenvalue weighted by Crippen LogP contribution is -2.73. The lowest BCUT2D eigenvalue weighted by molar-refractivity contribution is -0.162. The number of unbranched alkanes of at least 4 members (excludes halogenated alkanes) is 1. The second-order valence-corrected chi connectivity index (χ2v) is 12.2. The third kappa shape index (κ3) is 5.52. The molecule has 3 aliphatic rings. The van der Waals surface area contributed by atoms with Crippen LogP contribution in [0.2, 0.25) is 0 Å². The van der Waals surface area contributed by atoms with E-state index in [1.807, 2.05) is 24.0 Å². The molecular weight excluding hydrogens is 502 g/mol. The summed E-state index contributed by atoms with van der Waals surface area (Å²) in [5.74, 6) is 1.56. The third-order valence-corrected chi connectivity index (χ3v) is 9.72. The molecule has 1 spiro atoms. The Labute approximate surface area is 239 Å². The molecule has 2 atom stereocenters. The number of likely N-dealkylation sites (tertiary alicyclic amines) is 1. The van der Waals surface area contributed by atoms with Crippen molar-refractivity contribution in [3.05, 3.63) is 46.8 Å². The van der Waals surface area contributed by atoms with E-state index in [0.717, 1.165) is 49.5 Å². The van der Waals surface area contributed by atoms with Crippen LogP contribution in [0.3, 0.4) is 0 Å². The summed E-state index contributed by atoms with van der Waals surface area (Å²) < 4.78 is 5.42. The molecular formula is C32H47N5O3. The van der Waals surface area contributed by atoms with Crippen LogP contribution in [0.5, 0.6) is 5.75 Å². The van der Waals surface area contributed by atoms with Gasteiger partial charge in [-0.2, -0.15) is 5.10 Å². The highest BCUT2D eigenvalue weighted by atomic mass is 16.5. The number of benzene rings is 1. The Kier molecular flexibility index (Phi) is 8.83. The molecule has 2 aliphatic heterocycles. The first-order valence-corrected chi connectivity index (χ1v) is 15.4. The SMILES string of the molecule is CCCCN1C(=O)[C@H](CC2CCCCC2)NC(=O)C12CCN(C(c1ccc(OC)cc1)c1c(C)n[nH]c1C)CC2. The maximum atomic E-state index is 14.0. The Morgan fingerprint density at radius 1 is 1.07 bits per heavy atom. The van der Waals surface area contributed by atoms with Crippen LogP contribution in [0.15, 0.2) is 24.3 Å². The molecule has 1 unspecified atom stereocenters. The van der Waals surface area contributed by atoms with Crippen LogP contribution in [0.1, 0.15) is 99.7 Å². The van der Waals surface area contributed by atoms with E-state index >= 15 is 0 Å². The fourth-order valence-electron chi connectivity index (χ4n) is 7.39. The van der Waals surface area contributed by atoms with Gasteiger partial charge in [-0.05, 0) is 63.1 Å². The van der Waals surface area contributed by atoms with Crippen molar-refractivity contribution >= 4 is 11.8 Å². The van der Waals surface area contributed by atoms with E-state index < -0.39 is 5.54 Å². The zero-order valence-electron chi connectivity index (χ0n) is 24.8. The van der Waals surface area contributed by atoms with E-state index in [4.69, 9.17) is 4.74 Å². The van der Waals surface area contributed by atoms with Crippen LogP contribution in [0.25, 0.3) is 0 Å². The quantitative estimate of drug-likeness (QED) is 0.457. The highest BCUT2D eigenvalue weighted by molar-refractivity contribution is 6.00. The molecule has 3 heterocycles. The van der Waals surface area contributed by atoms with Gasteiger partial charge in [-0.25, -0.2) is 0 Å². The van der Waals surface area contributed by atoms with Crippen molar-refractivity contribution < 1.29 is 14.3 Å². The van der Waals surface area contributed by atoms with Gasteiger partial charge in [-0.3, -0.25) is 19.6 Å². The molecule has 2 N–H and O–H groups in total.